The Kier molecular flexibility index (Phi) is 7.17. The highest BCUT2D eigenvalue weighted by Gasteiger charge is 2.27. The number of thiophene rings is 1. The van der Waals surface area contributed by atoms with Crippen LogP contribution in [0.1, 0.15) is 36.2 Å². The van der Waals surface area contributed by atoms with Crippen LogP contribution in [0, 0.1) is 11.7 Å². The highest BCUT2D eigenvalue weighted by molar-refractivity contribution is 7.10. The van der Waals surface area contributed by atoms with E-state index in [2.05, 4.69) is 10.2 Å². The highest BCUT2D eigenvalue weighted by Crippen LogP contribution is 2.26. The average Bonchev–Trinajstić information content (AvgIpc) is 3.22. The summed E-state index contributed by atoms with van der Waals surface area (Å²) in [4.78, 5) is 27.6. The van der Waals surface area contributed by atoms with Gasteiger partial charge in [-0.3, -0.25) is 14.5 Å². The lowest BCUT2D eigenvalue weighted by Crippen LogP contribution is -2.43. The number of rotatable bonds is 7. The van der Waals surface area contributed by atoms with E-state index < -0.39 is 0 Å². The molecule has 7 heteroatoms. The maximum atomic E-state index is 13.3. The highest BCUT2D eigenvalue weighted by atomic mass is 32.1. The smallest absolute Gasteiger partial charge is 0.309 e. The largest absolute Gasteiger partial charge is 0.466 e. The van der Waals surface area contributed by atoms with Gasteiger partial charge in [-0.15, -0.1) is 11.3 Å². The van der Waals surface area contributed by atoms with Gasteiger partial charge < -0.3 is 10.1 Å². The van der Waals surface area contributed by atoms with Crippen LogP contribution in [0.4, 0.5) is 4.39 Å². The van der Waals surface area contributed by atoms with Crippen molar-refractivity contribution in [3.63, 3.8) is 0 Å². The molecule has 1 aromatic carbocycles. The number of amides is 1. The Balaban J connectivity index is 1.58. The van der Waals surface area contributed by atoms with Gasteiger partial charge in [-0.05, 0) is 62.0 Å². The van der Waals surface area contributed by atoms with Crippen molar-refractivity contribution in [1.29, 1.82) is 0 Å². The zero-order valence-corrected chi connectivity index (χ0v) is 16.7. The Labute approximate surface area is 168 Å². The van der Waals surface area contributed by atoms with Gasteiger partial charge in [0.25, 0.3) is 0 Å². The molecule has 1 aliphatic heterocycles. The SMILES string of the molecule is CCOC(=O)C1CCN(CC(=O)N[C@@H](c2ccc(F)cc2)c2cccs2)CC1. The summed E-state index contributed by atoms with van der Waals surface area (Å²) in [5, 5.41) is 5.03. The van der Waals surface area contributed by atoms with Gasteiger partial charge in [0.05, 0.1) is 25.1 Å². The van der Waals surface area contributed by atoms with Crippen molar-refractivity contribution >= 4 is 23.2 Å². The van der Waals surface area contributed by atoms with Gasteiger partial charge in [0, 0.05) is 4.88 Å². The Morgan fingerprint density at radius 1 is 1.25 bits per heavy atom. The van der Waals surface area contributed by atoms with Crippen LogP contribution in [0.2, 0.25) is 0 Å². The Morgan fingerprint density at radius 2 is 1.96 bits per heavy atom. The minimum absolute atomic E-state index is 0.0719. The molecule has 2 heterocycles. The fourth-order valence-electron chi connectivity index (χ4n) is 3.43. The molecule has 0 spiro atoms. The normalized spacial score (nSPS) is 16.5. The second kappa shape index (κ2) is 9.80. The third-order valence-corrected chi connectivity index (χ3v) is 5.85. The van der Waals surface area contributed by atoms with Gasteiger partial charge in [-0.25, -0.2) is 4.39 Å². The molecule has 0 aliphatic carbocycles. The third kappa shape index (κ3) is 5.39. The van der Waals surface area contributed by atoms with Gasteiger partial charge in [0.1, 0.15) is 5.82 Å². The number of nitrogens with one attached hydrogen (secondary N) is 1. The number of ether oxygens (including phenoxy) is 1. The lowest BCUT2D eigenvalue weighted by atomic mass is 9.97. The lowest BCUT2D eigenvalue weighted by molar-refractivity contribution is -0.149. The van der Waals surface area contributed by atoms with Gasteiger partial charge >= 0.3 is 5.97 Å². The molecule has 1 atom stereocenters. The summed E-state index contributed by atoms with van der Waals surface area (Å²) >= 11 is 1.55. The molecule has 1 fully saturated rings. The number of hydrogen-bond donors (Lipinski definition) is 1. The van der Waals surface area contributed by atoms with Crippen molar-refractivity contribution in [2.45, 2.75) is 25.8 Å². The van der Waals surface area contributed by atoms with E-state index >= 15 is 0 Å². The minimum atomic E-state index is -0.301. The summed E-state index contributed by atoms with van der Waals surface area (Å²) in [5.41, 5.74) is 0.846. The standard InChI is InChI=1S/C21H25FN2O3S/c1-2-27-21(26)16-9-11-24(12-10-16)14-19(25)23-20(18-4-3-13-28-18)15-5-7-17(22)8-6-15/h3-8,13,16,20H,2,9-12,14H2,1H3,(H,23,25)/t20-/m0/s1. The first-order chi connectivity index (χ1) is 13.6. The van der Waals surface area contributed by atoms with Crippen molar-refractivity contribution in [2.24, 2.45) is 5.92 Å². The summed E-state index contributed by atoms with van der Waals surface area (Å²) in [6.07, 6.45) is 1.41. The zero-order chi connectivity index (χ0) is 19.9. The van der Waals surface area contributed by atoms with E-state index in [1.54, 1.807) is 23.5 Å². The number of likely N-dealkylation sites (tertiary alicyclic amines) is 1. The predicted molar refractivity (Wildman–Crippen MR) is 107 cm³/mol. The van der Waals surface area contributed by atoms with E-state index in [4.69, 9.17) is 4.74 Å². The van der Waals surface area contributed by atoms with E-state index in [1.807, 2.05) is 24.4 Å². The van der Waals surface area contributed by atoms with E-state index in [0.717, 1.165) is 10.4 Å². The summed E-state index contributed by atoms with van der Waals surface area (Å²) in [5.74, 6) is -0.597. The molecule has 1 N–H and O–H groups in total. The van der Waals surface area contributed by atoms with E-state index in [0.29, 0.717) is 32.5 Å². The van der Waals surface area contributed by atoms with Crippen LogP contribution >= 0.6 is 11.3 Å². The molecule has 1 aromatic heterocycles. The monoisotopic (exact) mass is 404 g/mol. The van der Waals surface area contributed by atoms with Crippen LogP contribution in [0.25, 0.3) is 0 Å². The second-order valence-electron chi connectivity index (χ2n) is 6.87. The van der Waals surface area contributed by atoms with Crippen LogP contribution < -0.4 is 5.32 Å². The molecule has 0 saturated carbocycles. The Morgan fingerprint density at radius 3 is 2.57 bits per heavy atom. The maximum Gasteiger partial charge on any atom is 0.309 e. The van der Waals surface area contributed by atoms with Crippen molar-refractivity contribution in [3.8, 4) is 0 Å². The molecule has 0 unspecified atom stereocenters. The van der Waals surface area contributed by atoms with Crippen molar-refractivity contribution in [3.05, 3.63) is 58.0 Å². The second-order valence-corrected chi connectivity index (χ2v) is 7.85. The van der Waals surface area contributed by atoms with Crippen molar-refractivity contribution in [1.82, 2.24) is 10.2 Å². The van der Waals surface area contributed by atoms with Crippen LogP contribution in [0.5, 0.6) is 0 Å². The number of nitrogens with zero attached hydrogens (tertiary/aromatic N) is 1. The number of halogens is 1. The summed E-state index contributed by atoms with van der Waals surface area (Å²) in [6, 6.07) is 9.80. The molecule has 1 aliphatic rings. The quantitative estimate of drug-likeness (QED) is 0.719. The van der Waals surface area contributed by atoms with E-state index in [-0.39, 0.29) is 36.2 Å². The maximum absolute atomic E-state index is 13.3. The van der Waals surface area contributed by atoms with Gasteiger partial charge in [0.2, 0.25) is 5.91 Å². The third-order valence-electron chi connectivity index (χ3n) is 4.91. The first-order valence-corrected chi connectivity index (χ1v) is 10.4. The fraction of sp³-hybridized carbons (Fsp3) is 0.429. The molecule has 3 rings (SSSR count). The van der Waals surface area contributed by atoms with E-state index in [9.17, 15) is 14.0 Å². The summed E-state index contributed by atoms with van der Waals surface area (Å²) in [7, 11) is 0. The lowest BCUT2D eigenvalue weighted by Gasteiger charge is -2.30. The van der Waals surface area contributed by atoms with Crippen LogP contribution in [-0.4, -0.2) is 43.0 Å². The molecule has 28 heavy (non-hydrogen) atoms. The summed E-state index contributed by atoms with van der Waals surface area (Å²) < 4.78 is 18.4. The number of piperidine rings is 1. The van der Waals surface area contributed by atoms with Crippen molar-refractivity contribution in [2.75, 3.05) is 26.2 Å². The summed E-state index contributed by atoms with van der Waals surface area (Å²) in [6.45, 7) is 3.87. The molecule has 2 aromatic rings. The Hall–Kier alpha value is -2.25. The van der Waals surface area contributed by atoms with Crippen molar-refractivity contribution < 1.29 is 18.7 Å². The Bertz CT molecular complexity index is 771. The molecule has 0 bridgehead atoms. The topological polar surface area (TPSA) is 58.6 Å². The minimum Gasteiger partial charge on any atom is -0.466 e. The number of benzene rings is 1. The zero-order valence-electron chi connectivity index (χ0n) is 15.9. The number of hydrogen-bond acceptors (Lipinski definition) is 5. The van der Waals surface area contributed by atoms with Gasteiger partial charge in [-0.1, -0.05) is 18.2 Å². The molecular weight excluding hydrogens is 379 g/mol. The van der Waals surface area contributed by atoms with Crippen LogP contribution in [0.3, 0.4) is 0 Å². The number of esters is 1. The molecule has 0 radical (unpaired) electrons. The molecule has 1 saturated heterocycles. The van der Waals surface area contributed by atoms with Gasteiger partial charge in [0.15, 0.2) is 0 Å². The number of carbonyl (C=O) groups is 2. The van der Waals surface area contributed by atoms with Crippen LogP contribution in [-0.2, 0) is 14.3 Å². The van der Waals surface area contributed by atoms with Gasteiger partial charge in [-0.2, -0.15) is 0 Å². The van der Waals surface area contributed by atoms with E-state index in [1.165, 1.54) is 12.1 Å². The van der Waals surface area contributed by atoms with Crippen LogP contribution in [0.15, 0.2) is 41.8 Å². The molecule has 1 amide bonds. The first kappa shape index (κ1) is 20.5. The number of carbonyl (C=O) groups excluding carboxylic acids is 2. The average molecular weight is 405 g/mol. The fourth-order valence-corrected chi connectivity index (χ4v) is 4.23. The molecule has 5 nitrogen and oxygen atoms in total. The predicted octanol–water partition coefficient (Wildman–Crippen LogP) is 3.37. The molecule has 150 valence electrons. The first-order valence-electron chi connectivity index (χ1n) is 9.54. The molecular formula is C21H25FN2O3S.